The minimum Gasteiger partial charge on any atom is -0.481 e. The van der Waals surface area contributed by atoms with Crippen LogP contribution in [0.25, 0.3) is 11.1 Å². The fourth-order valence-corrected chi connectivity index (χ4v) is 1.87. The van der Waals surface area contributed by atoms with Crippen molar-refractivity contribution >= 4 is 0 Å². The topological polar surface area (TPSA) is 35.0 Å². The largest absolute Gasteiger partial charge is 0.481 e. The Bertz CT molecular complexity index is 533. The lowest BCUT2D eigenvalue weighted by molar-refractivity contribution is 0.398. The zero-order valence-electron chi connectivity index (χ0n) is 11.3. The minimum absolute atomic E-state index is 0.451. The second kappa shape index (κ2) is 5.17. The van der Waals surface area contributed by atoms with E-state index in [0.717, 1.165) is 22.5 Å². The second-order valence-electron chi connectivity index (χ2n) is 4.61. The zero-order valence-corrected chi connectivity index (χ0v) is 11.3. The summed E-state index contributed by atoms with van der Waals surface area (Å²) in [5, 5.41) is 0. The van der Waals surface area contributed by atoms with Crippen LogP contribution in [0, 0.1) is 6.92 Å². The van der Waals surface area contributed by atoms with E-state index in [1.165, 1.54) is 0 Å². The third kappa shape index (κ3) is 2.50. The molecular formula is C15H18N2O. The third-order valence-electron chi connectivity index (χ3n) is 2.96. The van der Waals surface area contributed by atoms with Gasteiger partial charge in [0.1, 0.15) is 0 Å². The summed E-state index contributed by atoms with van der Waals surface area (Å²) in [5.74, 6) is 1.08. The van der Waals surface area contributed by atoms with Crippen LogP contribution in [0.1, 0.15) is 31.2 Å². The number of hydrogen-bond donors (Lipinski definition) is 0. The van der Waals surface area contributed by atoms with Crippen molar-refractivity contribution < 1.29 is 4.74 Å². The number of nitrogens with zero attached hydrogens (tertiary/aromatic N) is 2. The molecular weight excluding hydrogens is 224 g/mol. The minimum atomic E-state index is 0.451. The normalized spacial score (nSPS) is 10.7. The van der Waals surface area contributed by atoms with E-state index >= 15 is 0 Å². The van der Waals surface area contributed by atoms with Gasteiger partial charge in [-0.2, -0.15) is 0 Å². The first kappa shape index (κ1) is 12.6. The van der Waals surface area contributed by atoms with E-state index < -0.39 is 0 Å². The van der Waals surface area contributed by atoms with E-state index in [1.54, 1.807) is 7.11 Å². The van der Waals surface area contributed by atoms with Crippen LogP contribution in [-0.4, -0.2) is 17.1 Å². The molecule has 0 N–H and O–H groups in total. The Kier molecular flexibility index (Phi) is 3.60. The molecule has 2 aromatic heterocycles. The predicted molar refractivity (Wildman–Crippen MR) is 72.8 cm³/mol. The molecule has 18 heavy (non-hydrogen) atoms. The molecule has 2 heterocycles. The molecule has 0 saturated carbocycles. The molecule has 0 bridgehead atoms. The number of rotatable bonds is 3. The van der Waals surface area contributed by atoms with Crippen LogP contribution < -0.4 is 4.74 Å². The first-order valence-corrected chi connectivity index (χ1v) is 6.09. The molecule has 0 spiro atoms. The number of aromatic nitrogens is 2. The number of hydrogen-bond acceptors (Lipinski definition) is 3. The Morgan fingerprint density at radius 3 is 2.39 bits per heavy atom. The number of pyridine rings is 2. The lowest BCUT2D eigenvalue weighted by Gasteiger charge is -2.10. The van der Waals surface area contributed by atoms with Gasteiger partial charge >= 0.3 is 0 Å². The fraction of sp³-hybridized carbons (Fsp3) is 0.333. The quantitative estimate of drug-likeness (QED) is 0.825. The molecule has 0 unspecified atom stereocenters. The van der Waals surface area contributed by atoms with Gasteiger partial charge in [-0.25, -0.2) is 4.98 Å². The van der Waals surface area contributed by atoms with Gasteiger partial charge in [-0.1, -0.05) is 19.9 Å². The van der Waals surface area contributed by atoms with Crippen LogP contribution >= 0.6 is 0 Å². The van der Waals surface area contributed by atoms with Gasteiger partial charge in [0.15, 0.2) is 0 Å². The molecule has 3 heteroatoms. The smallest absolute Gasteiger partial charge is 0.212 e. The first-order valence-electron chi connectivity index (χ1n) is 6.09. The van der Waals surface area contributed by atoms with Crippen molar-refractivity contribution in [1.82, 2.24) is 9.97 Å². The lowest BCUT2D eigenvalue weighted by atomic mass is 10.0. The summed E-state index contributed by atoms with van der Waals surface area (Å²) in [6.45, 7) is 6.33. The van der Waals surface area contributed by atoms with Crippen LogP contribution in [0.15, 0.2) is 30.5 Å². The van der Waals surface area contributed by atoms with Gasteiger partial charge in [-0.3, -0.25) is 4.98 Å². The molecule has 0 atom stereocenters. The van der Waals surface area contributed by atoms with Gasteiger partial charge in [-0.05, 0) is 25.0 Å². The molecule has 94 valence electrons. The van der Waals surface area contributed by atoms with Crippen LogP contribution in [-0.2, 0) is 0 Å². The maximum atomic E-state index is 5.06. The number of ether oxygens (including phenoxy) is 1. The van der Waals surface area contributed by atoms with E-state index in [2.05, 4.69) is 35.9 Å². The van der Waals surface area contributed by atoms with Gasteiger partial charge in [0.25, 0.3) is 0 Å². The van der Waals surface area contributed by atoms with Gasteiger partial charge < -0.3 is 4.74 Å². The summed E-state index contributed by atoms with van der Waals surface area (Å²) in [5.41, 5.74) is 4.34. The van der Waals surface area contributed by atoms with Crippen molar-refractivity contribution in [2.45, 2.75) is 26.7 Å². The van der Waals surface area contributed by atoms with Gasteiger partial charge in [0, 0.05) is 34.8 Å². The highest BCUT2D eigenvalue weighted by atomic mass is 16.5. The highest BCUT2D eigenvalue weighted by Gasteiger charge is 2.07. The third-order valence-corrected chi connectivity index (χ3v) is 2.96. The molecule has 0 aliphatic carbocycles. The SMILES string of the molecule is COc1ccc(-c2ccc(C(C)C)nc2C)cn1. The Labute approximate surface area is 108 Å². The molecule has 0 aromatic carbocycles. The maximum absolute atomic E-state index is 5.06. The van der Waals surface area contributed by atoms with E-state index in [0.29, 0.717) is 11.8 Å². The molecule has 3 nitrogen and oxygen atoms in total. The van der Waals surface area contributed by atoms with Crippen LogP contribution in [0.3, 0.4) is 0 Å². The molecule has 2 aromatic rings. The van der Waals surface area contributed by atoms with Crippen molar-refractivity contribution in [2.75, 3.05) is 7.11 Å². The average molecular weight is 242 g/mol. The van der Waals surface area contributed by atoms with Crippen LogP contribution in [0.4, 0.5) is 0 Å². The van der Waals surface area contributed by atoms with Gasteiger partial charge in [0.05, 0.1) is 7.11 Å². The molecule has 0 aliphatic rings. The second-order valence-corrected chi connectivity index (χ2v) is 4.61. The molecule has 2 rings (SSSR count). The summed E-state index contributed by atoms with van der Waals surface area (Å²) >= 11 is 0. The fourth-order valence-electron chi connectivity index (χ4n) is 1.87. The molecule has 0 amide bonds. The summed E-state index contributed by atoms with van der Waals surface area (Å²) in [4.78, 5) is 8.85. The summed E-state index contributed by atoms with van der Waals surface area (Å²) in [6.07, 6.45) is 1.82. The molecule has 0 fully saturated rings. The predicted octanol–water partition coefficient (Wildman–Crippen LogP) is 3.58. The van der Waals surface area contributed by atoms with Gasteiger partial charge in [-0.15, -0.1) is 0 Å². The molecule has 0 radical (unpaired) electrons. The summed E-state index contributed by atoms with van der Waals surface area (Å²) in [6, 6.07) is 8.06. The van der Waals surface area contributed by atoms with E-state index in [9.17, 15) is 0 Å². The van der Waals surface area contributed by atoms with Crippen molar-refractivity contribution in [3.05, 3.63) is 41.9 Å². The van der Waals surface area contributed by atoms with Crippen molar-refractivity contribution in [2.24, 2.45) is 0 Å². The van der Waals surface area contributed by atoms with Crippen molar-refractivity contribution in [3.8, 4) is 17.0 Å². The monoisotopic (exact) mass is 242 g/mol. The highest BCUT2D eigenvalue weighted by Crippen LogP contribution is 2.24. The summed E-state index contributed by atoms with van der Waals surface area (Å²) < 4.78 is 5.06. The first-order chi connectivity index (χ1) is 8.61. The number of aryl methyl sites for hydroxylation is 1. The Hall–Kier alpha value is -1.90. The zero-order chi connectivity index (χ0) is 13.1. The van der Waals surface area contributed by atoms with Crippen LogP contribution in [0.5, 0.6) is 5.88 Å². The number of methoxy groups -OCH3 is 1. The molecule has 0 aliphatic heterocycles. The average Bonchev–Trinajstić information content (AvgIpc) is 2.38. The van der Waals surface area contributed by atoms with Crippen molar-refractivity contribution in [1.29, 1.82) is 0 Å². The highest BCUT2D eigenvalue weighted by molar-refractivity contribution is 5.65. The van der Waals surface area contributed by atoms with E-state index in [4.69, 9.17) is 4.74 Å². The van der Waals surface area contributed by atoms with E-state index in [-0.39, 0.29) is 0 Å². The van der Waals surface area contributed by atoms with Crippen molar-refractivity contribution in [3.63, 3.8) is 0 Å². The van der Waals surface area contributed by atoms with Crippen LogP contribution in [0.2, 0.25) is 0 Å². The Morgan fingerprint density at radius 1 is 1.11 bits per heavy atom. The summed E-state index contributed by atoms with van der Waals surface area (Å²) in [7, 11) is 1.62. The Balaban J connectivity index is 2.38. The standard InChI is InChI=1S/C15H18N2O/c1-10(2)14-7-6-13(11(3)17-14)12-5-8-15(18-4)16-9-12/h5-10H,1-4H3. The van der Waals surface area contributed by atoms with E-state index in [1.807, 2.05) is 25.3 Å². The van der Waals surface area contributed by atoms with Gasteiger partial charge in [0.2, 0.25) is 5.88 Å². The maximum Gasteiger partial charge on any atom is 0.212 e. The molecule has 0 saturated heterocycles. The Morgan fingerprint density at radius 2 is 1.89 bits per heavy atom. The lowest BCUT2D eigenvalue weighted by Crippen LogP contribution is -1.97.